The zero-order chi connectivity index (χ0) is 8.97. The molecule has 4 nitrogen and oxygen atoms in total. The first-order valence-electron chi connectivity index (χ1n) is 3.87. The lowest BCUT2D eigenvalue weighted by atomic mass is 10.4. The van der Waals surface area contributed by atoms with Gasteiger partial charge in [-0.25, -0.2) is 4.98 Å². The van der Waals surface area contributed by atoms with E-state index >= 15 is 0 Å². The summed E-state index contributed by atoms with van der Waals surface area (Å²) in [6.45, 7) is 3.43. The SMILES string of the molecule is CCOCCc1nc(Br)nn1C. The summed E-state index contributed by atoms with van der Waals surface area (Å²) in [4.78, 5) is 4.17. The van der Waals surface area contributed by atoms with Gasteiger partial charge in [-0.15, -0.1) is 5.10 Å². The van der Waals surface area contributed by atoms with Crippen LogP contribution >= 0.6 is 15.9 Å². The van der Waals surface area contributed by atoms with Crippen molar-refractivity contribution in [2.75, 3.05) is 13.2 Å². The molecule has 1 aromatic rings. The Morgan fingerprint density at radius 3 is 2.83 bits per heavy atom. The van der Waals surface area contributed by atoms with Gasteiger partial charge in [0.25, 0.3) is 0 Å². The van der Waals surface area contributed by atoms with Crippen LogP contribution in [0.15, 0.2) is 4.73 Å². The van der Waals surface area contributed by atoms with E-state index in [-0.39, 0.29) is 0 Å². The molecular weight excluding hydrogens is 222 g/mol. The largest absolute Gasteiger partial charge is 0.381 e. The fourth-order valence-corrected chi connectivity index (χ4v) is 1.35. The first-order valence-corrected chi connectivity index (χ1v) is 4.66. The molecule has 0 fully saturated rings. The molecule has 0 N–H and O–H groups in total. The van der Waals surface area contributed by atoms with Gasteiger partial charge in [-0.05, 0) is 22.9 Å². The van der Waals surface area contributed by atoms with E-state index in [1.165, 1.54) is 0 Å². The third kappa shape index (κ3) is 2.57. The number of ether oxygens (including phenoxy) is 1. The van der Waals surface area contributed by atoms with Gasteiger partial charge in [0.05, 0.1) is 6.61 Å². The molecule has 68 valence electrons. The number of aromatic nitrogens is 3. The van der Waals surface area contributed by atoms with Crippen LogP contribution in [-0.2, 0) is 18.2 Å². The predicted octanol–water partition coefficient (Wildman–Crippen LogP) is 1.16. The van der Waals surface area contributed by atoms with Crippen molar-refractivity contribution in [3.05, 3.63) is 10.6 Å². The Bertz CT molecular complexity index is 249. The maximum absolute atomic E-state index is 5.21. The second-order valence-corrected chi connectivity index (χ2v) is 3.08. The van der Waals surface area contributed by atoms with Crippen molar-refractivity contribution < 1.29 is 4.74 Å². The lowest BCUT2D eigenvalue weighted by Gasteiger charge is -1.99. The Hall–Kier alpha value is -0.420. The molecule has 0 bridgehead atoms. The topological polar surface area (TPSA) is 39.9 Å². The average molecular weight is 234 g/mol. The normalized spacial score (nSPS) is 10.6. The first-order chi connectivity index (χ1) is 5.74. The van der Waals surface area contributed by atoms with E-state index in [9.17, 15) is 0 Å². The second kappa shape index (κ2) is 4.57. The quantitative estimate of drug-likeness (QED) is 0.734. The Labute approximate surface area is 80.1 Å². The molecule has 0 radical (unpaired) electrons. The van der Waals surface area contributed by atoms with Gasteiger partial charge < -0.3 is 4.74 Å². The molecule has 12 heavy (non-hydrogen) atoms. The summed E-state index contributed by atoms with van der Waals surface area (Å²) >= 11 is 3.21. The van der Waals surface area contributed by atoms with Crippen molar-refractivity contribution in [2.45, 2.75) is 13.3 Å². The number of hydrogen-bond acceptors (Lipinski definition) is 3. The molecule has 0 unspecified atom stereocenters. The Kier molecular flexibility index (Phi) is 3.68. The highest BCUT2D eigenvalue weighted by Gasteiger charge is 2.03. The zero-order valence-corrected chi connectivity index (χ0v) is 8.84. The van der Waals surface area contributed by atoms with Crippen LogP contribution in [0.1, 0.15) is 12.7 Å². The van der Waals surface area contributed by atoms with Crippen LogP contribution in [0.2, 0.25) is 0 Å². The molecule has 1 heterocycles. The van der Waals surface area contributed by atoms with Crippen molar-refractivity contribution in [1.82, 2.24) is 14.8 Å². The highest BCUT2D eigenvalue weighted by molar-refractivity contribution is 9.10. The molecule has 0 atom stereocenters. The minimum absolute atomic E-state index is 0.636. The third-order valence-electron chi connectivity index (χ3n) is 1.50. The van der Waals surface area contributed by atoms with Crippen LogP contribution in [-0.4, -0.2) is 28.0 Å². The maximum atomic E-state index is 5.21. The first kappa shape index (κ1) is 9.67. The summed E-state index contributed by atoms with van der Waals surface area (Å²) in [7, 11) is 1.87. The molecule has 0 amide bonds. The van der Waals surface area contributed by atoms with Crippen LogP contribution < -0.4 is 0 Å². The Balaban J connectivity index is 2.45. The lowest BCUT2D eigenvalue weighted by molar-refractivity contribution is 0.149. The third-order valence-corrected chi connectivity index (χ3v) is 1.84. The van der Waals surface area contributed by atoms with Gasteiger partial charge in [-0.3, -0.25) is 4.68 Å². The summed E-state index contributed by atoms with van der Waals surface area (Å²) in [6, 6.07) is 0. The molecule has 1 rings (SSSR count). The number of nitrogens with zero attached hydrogens (tertiary/aromatic N) is 3. The van der Waals surface area contributed by atoms with Gasteiger partial charge in [0.2, 0.25) is 4.73 Å². The highest BCUT2D eigenvalue weighted by atomic mass is 79.9. The average Bonchev–Trinajstić information content (AvgIpc) is 2.31. The van der Waals surface area contributed by atoms with Gasteiger partial charge in [-0.2, -0.15) is 0 Å². The van der Waals surface area contributed by atoms with E-state index in [0.29, 0.717) is 11.3 Å². The van der Waals surface area contributed by atoms with Crippen LogP contribution in [0.4, 0.5) is 0 Å². The molecule has 0 saturated carbocycles. The number of halogens is 1. The number of rotatable bonds is 4. The van der Waals surface area contributed by atoms with Crippen LogP contribution in [0.3, 0.4) is 0 Å². The summed E-state index contributed by atoms with van der Waals surface area (Å²) in [6.07, 6.45) is 0.808. The highest BCUT2D eigenvalue weighted by Crippen LogP contribution is 2.03. The predicted molar refractivity (Wildman–Crippen MR) is 48.9 cm³/mol. The molecular formula is C7H12BrN3O. The van der Waals surface area contributed by atoms with Crippen molar-refractivity contribution in [3.63, 3.8) is 0 Å². The number of aryl methyl sites for hydroxylation is 1. The van der Waals surface area contributed by atoms with Crippen molar-refractivity contribution >= 4 is 15.9 Å². The minimum Gasteiger partial charge on any atom is -0.381 e. The van der Waals surface area contributed by atoms with Crippen LogP contribution in [0, 0.1) is 0 Å². The van der Waals surface area contributed by atoms with Gasteiger partial charge >= 0.3 is 0 Å². The second-order valence-electron chi connectivity index (χ2n) is 2.37. The summed E-state index contributed by atoms with van der Waals surface area (Å²) < 4.78 is 7.59. The fraction of sp³-hybridized carbons (Fsp3) is 0.714. The Morgan fingerprint density at radius 2 is 2.33 bits per heavy atom. The molecule has 0 saturated heterocycles. The Morgan fingerprint density at radius 1 is 1.58 bits per heavy atom. The summed E-state index contributed by atoms with van der Waals surface area (Å²) in [5.74, 6) is 0.940. The summed E-state index contributed by atoms with van der Waals surface area (Å²) in [5, 5.41) is 4.06. The van der Waals surface area contributed by atoms with Gasteiger partial charge in [0.15, 0.2) is 0 Å². The lowest BCUT2D eigenvalue weighted by Crippen LogP contribution is -2.04. The van der Waals surface area contributed by atoms with Gasteiger partial charge in [0.1, 0.15) is 5.82 Å². The van der Waals surface area contributed by atoms with E-state index in [2.05, 4.69) is 26.0 Å². The van der Waals surface area contributed by atoms with Gasteiger partial charge in [-0.1, -0.05) is 0 Å². The maximum Gasteiger partial charge on any atom is 0.217 e. The number of hydrogen-bond donors (Lipinski definition) is 0. The summed E-state index contributed by atoms with van der Waals surface area (Å²) in [5.41, 5.74) is 0. The molecule has 0 aromatic carbocycles. The van der Waals surface area contributed by atoms with Crippen LogP contribution in [0.25, 0.3) is 0 Å². The van der Waals surface area contributed by atoms with E-state index in [1.54, 1.807) is 4.68 Å². The monoisotopic (exact) mass is 233 g/mol. The van der Waals surface area contributed by atoms with E-state index in [0.717, 1.165) is 18.9 Å². The van der Waals surface area contributed by atoms with Crippen molar-refractivity contribution in [1.29, 1.82) is 0 Å². The van der Waals surface area contributed by atoms with E-state index in [4.69, 9.17) is 4.74 Å². The smallest absolute Gasteiger partial charge is 0.217 e. The standard InChI is InChI=1S/C7H12BrN3O/c1-3-12-5-4-6-9-7(8)10-11(6)2/h3-5H2,1-2H3. The van der Waals surface area contributed by atoms with E-state index in [1.807, 2.05) is 14.0 Å². The molecule has 0 aliphatic rings. The molecule has 5 heteroatoms. The molecule has 0 aliphatic carbocycles. The van der Waals surface area contributed by atoms with Gasteiger partial charge in [0, 0.05) is 20.1 Å². The fourth-order valence-electron chi connectivity index (χ4n) is 0.908. The molecule has 0 aliphatic heterocycles. The van der Waals surface area contributed by atoms with E-state index < -0.39 is 0 Å². The molecule has 1 aromatic heterocycles. The molecule has 0 spiro atoms. The van der Waals surface area contributed by atoms with Crippen LogP contribution in [0.5, 0.6) is 0 Å². The van der Waals surface area contributed by atoms with Crippen molar-refractivity contribution in [2.24, 2.45) is 7.05 Å². The minimum atomic E-state index is 0.636. The zero-order valence-electron chi connectivity index (χ0n) is 7.25. The van der Waals surface area contributed by atoms with Crippen molar-refractivity contribution in [3.8, 4) is 0 Å².